The Kier molecular flexibility index (Phi) is 6.90. The number of thioether (sulfide) groups is 1. The predicted molar refractivity (Wildman–Crippen MR) is 87.3 cm³/mol. The lowest BCUT2D eigenvalue weighted by Gasteiger charge is -2.19. The molecule has 5 nitrogen and oxygen atoms in total. The first kappa shape index (κ1) is 18.5. The van der Waals surface area contributed by atoms with Crippen LogP contribution in [0.15, 0.2) is 29.2 Å². The molecule has 1 aromatic carbocycles. The van der Waals surface area contributed by atoms with E-state index in [1.165, 1.54) is 24.4 Å². The summed E-state index contributed by atoms with van der Waals surface area (Å²) >= 11 is 1.37. The maximum absolute atomic E-state index is 11.8. The van der Waals surface area contributed by atoms with Crippen LogP contribution in [-0.4, -0.2) is 42.5 Å². The standard InChI is InChI=1S/C16H23NO4S/c1-16(2,3)11-5-7-12(8-6-11)22-10-14(18)17-13(9-21-4)15(19)20/h5-8,13H,9-10H2,1-4H3,(H,17,18)(H,19,20). The summed E-state index contributed by atoms with van der Waals surface area (Å²) in [5.41, 5.74) is 1.32. The number of nitrogens with one attached hydrogen (secondary N) is 1. The predicted octanol–water partition coefficient (Wildman–Crippen LogP) is 2.29. The summed E-state index contributed by atoms with van der Waals surface area (Å²) in [5, 5.41) is 11.4. The van der Waals surface area contributed by atoms with E-state index in [1.54, 1.807) is 0 Å². The molecular weight excluding hydrogens is 302 g/mol. The first-order chi connectivity index (χ1) is 10.2. The number of rotatable bonds is 7. The zero-order valence-corrected chi connectivity index (χ0v) is 14.2. The van der Waals surface area contributed by atoms with Crippen LogP contribution in [0.4, 0.5) is 0 Å². The van der Waals surface area contributed by atoms with Crippen LogP contribution in [0.1, 0.15) is 26.3 Å². The van der Waals surface area contributed by atoms with E-state index in [-0.39, 0.29) is 23.7 Å². The van der Waals surface area contributed by atoms with E-state index in [2.05, 4.69) is 26.1 Å². The number of benzene rings is 1. The van der Waals surface area contributed by atoms with Gasteiger partial charge in [-0.15, -0.1) is 11.8 Å². The Balaban J connectivity index is 2.52. The molecule has 0 spiro atoms. The topological polar surface area (TPSA) is 75.6 Å². The molecule has 0 aromatic heterocycles. The van der Waals surface area contributed by atoms with Crippen molar-refractivity contribution in [2.75, 3.05) is 19.5 Å². The lowest BCUT2D eigenvalue weighted by atomic mass is 9.87. The molecule has 0 radical (unpaired) electrons. The van der Waals surface area contributed by atoms with Crippen LogP contribution in [0, 0.1) is 0 Å². The fourth-order valence-corrected chi connectivity index (χ4v) is 2.49. The number of carbonyl (C=O) groups is 2. The van der Waals surface area contributed by atoms with E-state index in [4.69, 9.17) is 9.84 Å². The van der Waals surface area contributed by atoms with Gasteiger partial charge in [-0.25, -0.2) is 4.79 Å². The highest BCUT2D eigenvalue weighted by atomic mass is 32.2. The van der Waals surface area contributed by atoms with Gasteiger partial charge in [-0.2, -0.15) is 0 Å². The number of ether oxygens (including phenoxy) is 1. The Hall–Kier alpha value is -1.53. The average molecular weight is 325 g/mol. The van der Waals surface area contributed by atoms with Crippen molar-refractivity contribution in [1.29, 1.82) is 0 Å². The first-order valence-corrected chi connectivity index (χ1v) is 7.97. The molecule has 0 saturated carbocycles. The van der Waals surface area contributed by atoms with Crippen molar-refractivity contribution < 1.29 is 19.4 Å². The van der Waals surface area contributed by atoms with Gasteiger partial charge < -0.3 is 15.2 Å². The van der Waals surface area contributed by atoms with E-state index in [0.717, 1.165) is 4.90 Å². The minimum Gasteiger partial charge on any atom is -0.480 e. The second kappa shape index (κ2) is 8.19. The highest BCUT2D eigenvalue weighted by Gasteiger charge is 2.19. The monoisotopic (exact) mass is 325 g/mol. The van der Waals surface area contributed by atoms with Crippen molar-refractivity contribution in [3.8, 4) is 0 Å². The number of carbonyl (C=O) groups excluding carboxylic acids is 1. The van der Waals surface area contributed by atoms with Gasteiger partial charge in [0.2, 0.25) is 5.91 Å². The van der Waals surface area contributed by atoms with Crippen molar-refractivity contribution in [2.45, 2.75) is 37.1 Å². The summed E-state index contributed by atoms with van der Waals surface area (Å²) in [5.74, 6) is -1.26. The van der Waals surface area contributed by atoms with Crippen LogP contribution in [0.25, 0.3) is 0 Å². The summed E-state index contributed by atoms with van der Waals surface area (Å²) < 4.78 is 4.77. The molecule has 0 aliphatic carbocycles. The Morgan fingerprint density at radius 2 is 1.86 bits per heavy atom. The summed E-state index contributed by atoms with van der Waals surface area (Å²) in [6, 6.07) is 7.03. The molecule has 1 atom stereocenters. The van der Waals surface area contributed by atoms with Gasteiger partial charge in [0.25, 0.3) is 0 Å². The molecule has 1 aromatic rings. The van der Waals surface area contributed by atoms with Gasteiger partial charge in [0.1, 0.15) is 0 Å². The lowest BCUT2D eigenvalue weighted by Crippen LogP contribution is -2.44. The van der Waals surface area contributed by atoms with Crippen molar-refractivity contribution in [3.05, 3.63) is 29.8 Å². The van der Waals surface area contributed by atoms with Gasteiger partial charge in [-0.3, -0.25) is 4.79 Å². The molecule has 1 rings (SSSR count). The number of hydrogen-bond donors (Lipinski definition) is 2. The van der Waals surface area contributed by atoms with Gasteiger partial charge in [0, 0.05) is 12.0 Å². The van der Waals surface area contributed by atoms with Crippen LogP contribution < -0.4 is 5.32 Å². The van der Waals surface area contributed by atoms with Gasteiger partial charge in [0.05, 0.1) is 12.4 Å². The Morgan fingerprint density at radius 3 is 2.32 bits per heavy atom. The van der Waals surface area contributed by atoms with E-state index in [1.807, 2.05) is 24.3 Å². The third-order valence-electron chi connectivity index (χ3n) is 3.06. The molecule has 0 fully saturated rings. The van der Waals surface area contributed by atoms with Gasteiger partial charge >= 0.3 is 5.97 Å². The zero-order chi connectivity index (χ0) is 16.8. The molecule has 0 heterocycles. The van der Waals surface area contributed by atoms with E-state index >= 15 is 0 Å². The van der Waals surface area contributed by atoms with E-state index in [9.17, 15) is 9.59 Å². The third-order valence-corrected chi connectivity index (χ3v) is 4.07. The van der Waals surface area contributed by atoms with E-state index in [0.29, 0.717) is 0 Å². The molecule has 2 N–H and O–H groups in total. The molecule has 1 amide bonds. The summed E-state index contributed by atoms with van der Waals surface area (Å²) in [7, 11) is 1.40. The van der Waals surface area contributed by atoms with Crippen molar-refractivity contribution in [3.63, 3.8) is 0 Å². The molecule has 0 saturated heterocycles. The molecule has 122 valence electrons. The summed E-state index contributed by atoms with van der Waals surface area (Å²) in [4.78, 5) is 23.7. The van der Waals surface area contributed by atoms with Crippen LogP contribution in [0.3, 0.4) is 0 Å². The van der Waals surface area contributed by atoms with Gasteiger partial charge in [-0.1, -0.05) is 32.9 Å². The summed E-state index contributed by atoms with van der Waals surface area (Å²) in [6.07, 6.45) is 0. The SMILES string of the molecule is COCC(NC(=O)CSc1ccc(C(C)(C)C)cc1)C(=O)O. The summed E-state index contributed by atoms with van der Waals surface area (Å²) in [6.45, 7) is 6.38. The number of methoxy groups -OCH3 is 1. The van der Waals surface area contributed by atoms with E-state index < -0.39 is 12.0 Å². The minimum atomic E-state index is -1.10. The Morgan fingerprint density at radius 1 is 1.27 bits per heavy atom. The molecule has 0 aliphatic rings. The fraction of sp³-hybridized carbons (Fsp3) is 0.500. The molecule has 1 unspecified atom stereocenters. The Bertz CT molecular complexity index is 508. The third kappa shape index (κ3) is 6.07. The van der Waals surface area contributed by atoms with Crippen molar-refractivity contribution in [1.82, 2.24) is 5.32 Å². The largest absolute Gasteiger partial charge is 0.480 e. The number of amides is 1. The Labute approximate surface area is 135 Å². The van der Waals surface area contributed by atoms with Crippen LogP contribution in [0.2, 0.25) is 0 Å². The number of aliphatic carboxylic acids is 1. The van der Waals surface area contributed by atoms with Crippen LogP contribution in [-0.2, 0) is 19.7 Å². The first-order valence-electron chi connectivity index (χ1n) is 6.98. The number of carboxylic acid groups (broad SMARTS) is 1. The fourth-order valence-electron chi connectivity index (χ4n) is 1.78. The highest BCUT2D eigenvalue weighted by molar-refractivity contribution is 8.00. The molecule has 0 aliphatic heterocycles. The number of carboxylic acids is 1. The molecular formula is C16H23NO4S. The van der Waals surface area contributed by atoms with Crippen molar-refractivity contribution in [2.24, 2.45) is 0 Å². The molecule has 6 heteroatoms. The van der Waals surface area contributed by atoms with Crippen LogP contribution in [0.5, 0.6) is 0 Å². The van der Waals surface area contributed by atoms with Gasteiger partial charge in [0.15, 0.2) is 6.04 Å². The zero-order valence-electron chi connectivity index (χ0n) is 13.4. The lowest BCUT2D eigenvalue weighted by molar-refractivity contribution is -0.142. The molecule has 22 heavy (non-hydrogen) atoms. The van der Waals surface area contributed by atoms with Crippen molar-refractivity contribution >= 4 is 23.6 Å². The smallest absolute Gasteiger partial charge is 0.328 e. The average Bonchev–Trinajstić information content (AvgIpc) is 2.44. The quantitative estimate of drug-likeness (QED) is 0.752. The maximum atomic E-state index is 11.8. The number of hydrogen-bond acceptors (Lipinski definition) is 4. The second-order valence-corrected chi connectivity index (χ2v) is 7.03. The highest BCUT2D eigenvalue weighted by Crippen LogP contribution is 2.25. The minimum absolute atomic E-state index is 0.0496. The van der Waals surface area contributed by atoms with Crippen LogP contribution >= 0.6 is 11.8 Å². The molecule has 0 bridgehead atoms. The normalized spacial score (nSPS) is 12.7. The maximum Gasteiger partial charge on any atom is 0.328 e. The second-order valence-electron chi connectivity index (χ2n) is 5.98. The van der Waals surface area contributed by atoms with Gasteiger partial charge in [-0.05, 0) is 23.1 Å².